The van der Waals surface area contributed by atoms with Gasteiger partial charge in [0.05, 0.1) is 13.2 Å². The summed E-state index contributed by atoms with van der Waals surface area (Å²) in [5, 5.41) is 12.5. The lowest BCUT2D eigenvalue weighted by molar-refractivity contribution is 0.0767. The van der Waals surface area contributed by atoms with Crippen LogP contribution in [0.15, 0.2) is 146 Å². The third kappa shape index (κ3) is 6.66. The van der Waals surface area contributed by atoms with Crippen LogP contribution in [-0.2, 0) is 4.74 Å². The molecule has 54 heavy (non-hydrogen) atoms. The molecule has 1 aliphatic heterocycles. The molecule has 1 aliphatic rings. The molecule has 9 rings (SSSR count). The summed E-state index contributed by atoms with van der Waals surface area (Å²) < 4.78 is 32.4. The van der Waals surface area contributed by atoms with Gasteiger partial charge in [-0.25, -0.2) is 0 Å². The zero-order valence-electron chi connectivity index (χ0n) is 30.1. The fraction of sp³-hybridized carbons (Fsp3) is 0.167. The van der Waals surface area contributed by atoms with Gasteiger partial charge in [-0.3, -0.25) is 0 Å². The maximum Gasteiger partial charge on any atom is 0.128 e. The van der Waals surface area contributed by atoms with Crippen molar-refractivity contribution in [2.75, 3.05) is 52.7 Å². The van der Waals surface area contributed by atoms with Crippen LogP contribution in [0.25, 0.3) is 65.3 Å². The molecule has 6 heteroatoms. The van der Waals surface area contributed by atoms with Crippen LogP contribution in [0.3, 0.4) is 0 Å². The van der Waals surface area contributed by atoms with Crippen LogP contribution in [0.2, 0.25) is 0 Å². The van der Waals surface area contributed by atoms with E-state index < -0.39 is 0 Å². The van der Waals surface area contributed by atoms with Gasteiger partial charge in [-0.2, -0.15) is 0 Å². The monoisotopic (exact) mass is 711 g/mol. The number of nitrogens with one attached hydrogen (secondary N) is 1. The lowest BCUT2D eigenvalue weighted by Crippen LogP contribution is -2.26. The van der Waals surface area contributed by atoms with Gasteiger partial charge in [0, 0.05) is 35.3 Å². The number of fused-ring (bicyclic) bond motifs is 14. The highest BCUT2D eigenvalue weighted by atomic mass is 16.5. The Bertz CT molecular complexity index is 2240. The van der Waals surface area contributed by atoms with Gasteiger partial charge in [0.15, 0.2) is 0 Å². The second kappa shape index (κ2) is 15.5. The van der Waals surface area contributed by atoms with Crippen LogP contribution in [-0.4, -0.2) is 52.7 Å². The average molecular weight is 712 g/mol. The fourth-order valence-corrected chi connectivity index (χ4v) is 7.63. The van der Waals surface area contributed by atoms with E-state index in [-0.39, 0.29) is 0 Å². The zero-order valence-corrected chi connectivity index (χ0v) is 30.1. The van der Waals surface area contributed by atoms with Crippen molar-refractivity contribution in [2.45, 2.75) is 0 Å². The van der Waals surface area contributed by atoms with Gasteiger partial charge in [-0.05, 0) is 67.4 Å². The van der Waals surface area contributed by atoms with Gasteiger partial charge in [-0.1, -0.05) is 121 Å². The van der Waals surface area contributed by atoms with Gasteiger partial charge < -0.3 is 29.0 Å². The predicted octanol–water partition coefficient (Wildman–Crippen LogP) is 10.5. The Morgan fingerprint density at radius 2 is 0.593 bits per heavy atom. The molecule has 0 aromatic heterocycles. The maximum absolute atomic E-state index is 6.60. The molecule has 8 aromatic carbocycles. The minimum atomic E-state index is 0.383. The Morgan fingerprint density at radius 3 is 0.926 bits per heavy atom. The Morgan fingerprint density at radius 1 is 0.296 bits per heavy atom. The molecule has 0 spiro atoms. The fourth-order valence-electron chi connectivity index (χ4n) is 7.63. The molecule has 0 unspecified atom stereocenters. The molecule has 0 atom stereocenters. The van der Waals surface area contributed by atoms with E-state index >= 15 is 0 Å². The summed E-state index contributed by atoms with van der Waals surface area (Å²) in [6.45, 7) is 3.85. The number of ether oxygens (including phenoxy) is 5. The van der Waals surface area contributed by atoms with E-state index in [1.807, 2.05) is 0 Å². The molecule has 0 fully saturated rings. The summed E-state index contributed by atoms with van der Waals surface area (Å²) in [4.78, 5) is 0. The summed E-state index contributed by atoms with van der Waals surface area (Å²) in [6, 6.07) is 50.6. The van der Waals surface area contributed by atoms with Crippen molar-refractivity contribution < 1.29 is 23.7 Å². The summed E-state index contributed by atoms with van der Waals surface area (Å²) in [5.74, 6) is 3.21. The Labute approximate surface area is 314 Å². The number of hydrogen-bond donors (Lipinski definition) is 1. The molecule has 1 heterocycles. The van der Waals surface area contributed by atoms with E-state index in [0.29, 0.717) is 52.7 Å². The highest BCUT2D eigenvalue weighted by Crippen LogP contribution is 2.47. The highest BCUT2D eigenvalue weighted by Gasteiger charge is 2.21. The van der Waals surface area contributed by atoms with Gasteiger partial charge >= 0.3 is 0 Å². The first-order valence-electron chi connectivity index (χ1n) is 18.7. The summed E-state index contributed by atoms with van der Waals surface area (Å²) in [6.07, 6.45) is 0. The molecule has 1 N–H and O–H groups in total. The van der Waals surface area contributed by atoms with Crippen LogP contribution in [0.4, 0.5) is 0 Å². The maximum atomic E-state index is 6.60. The van der Waals surface area contributed by atoms with Crippen molar-refractivity contribution in [1.29, 1.82) is 0 Å². The molecule has 0 bridgehead atoms. The van der Waals surface area contributed by atoms with Crippen LogP contribution in [0.1, 0.15) is 0 Å². The SMILES string of the molecule is c1ccc2c3c(ccc2c1)OCCNCCOc1ccc2ccccc2c1-c1c(ccc2ccccc12)OCCOCCOc1ccc2ccccc2c1-3. The predicted molar refractivity (Wildman–Crippen MR) is 219 cm³/mol. The molecule has 0 amide bonds. The van der Waals surface area contributed by atoms with E-state index in [2.05, 4.69) is 151 Å². The summed E-state index contributed by atoms with van der Waals surface area (Å²) in [7, 11) is 0. The van der Waals surface area contributed by atoms with Crippen LogP contribution in [0.5, 0.6) is 23.0 Å². The Hall–Kier alpha value is -6.08. The van der Waals surface area contributed by atoms with E-state index in [1.54, 1.807) is 0 Å². The molecule has 0 saturated heterocycles. The van der Waals surface area contributed by atoms with E-state index in [0.717, 1.165) is 88.3 Å². The first kappa shape index (κ1) is 33.7. The van der Waals surface area contributed by atoms with Crippen LogP contribution >= 0.6 is 0 Å². The van der Waals surface area contributed by atoms with Gasteiger partial charge in [0.2, 0.25) is 0 Å². The van der Waals surface area contributed by atoms with E-state index in [9.17, 15) is 0 Å². The topological polar surface area (TPSA) is 58.2 Å². The molecule has 8 aromatic rings. The number of benzene rings is 8. The molecule has 0 aliphatic carbocycles. The molecule has 6 nitrogen and oxygen atoms in total. The lowest BCUT2D eigenvalue weighted by atomic mass is 9.92. The summed E-state index contributed by atoms with van der Waals surface area (Å²) in [5.41, 5.74) is 4.08. The highest BCUT2D eigenvalue weighted by molar-refractivity contribution is 6.11. The van der Waals surface area contributed by atoms with Crippen molar-refractivity contribution >= 4 is 43.1 Å². The third-order valence-corrected chi connectivity index (χ3v) is 10.1. The minimum Gasteiger partial charge on any atom is -0.492 e. The summed E-state index contributed by atoms with van der Waals surface area (Å²) >= 11 is 0. The smallest absolute Gasteiger partial charge is 0.128 e. The van der Waals surface area contributed by atoms with Crippen LogP contribution in [0, 0.1) is 0 Å². The van der Waals surface area contributed by atoms with Gasteiger partial charge in [0.25, 0.3) is 0 Å². The standard InChI is InChI=1S/C48H41NO5/c1-5-13-37-33(9-1)17-21-41-45(37)47-39-15-7-3-11-35(39)19-23-43(47)53-31-29-50-30-32-54-44-24-20-36-12-4-8-16-40(36)48(44)46-38-14-6-2-10-34(38)18-22-42(46)52-28-26-49-25-27-51-41/h1-24,49H,25-32H2. The first-order chi connectivity index (χ1) is 26.8. The molecular formula is C48H41NO5. The minimum absolute atomic E-state index is 0.383. The number of hydrogen-bond acceptors (Lipinski definition) is 6. The van der Waals surface area contributed by atoms with E-state index in [1.165, 1.54) is 0 Å². The van der Waals surface area contributed by atoms with Gasteiger partial charge in [0.1, 0.15) is 49.4 Å². The van der Waals surface area contributed by atoms with Gasteiger partial charge in [-0.15, -0.1) is 0 Å². The van der Waals surface area contributed by atoms with Crippen molar-refractivity contribution in [2.24, 2.45) is 0 Å². The largest absolute Gasteiger partial charge is 0.492 e. The molecule has 268 valence electrons. The molecular weight excluding hydrogens is 671 g/mol. The molecule has 0 saturated carbocycles. The second-order valence-electron chi connectivity index (χ2n) is 13.4. The van der Waals surface area contributed by atoms with Crippen molar-refractivity contribution in [3.63, 3.8) is 0 Å². The average Bonchev–Trinajstić information content (AvgIpc) is 3.22. The Balaban J connectivity index is 1.07. The second-order valence-corrected chi connectivity index (χ2v) is 13.4. The van der Waals surface area contributed by atoms with Crippen molar-refractivity contribution in [3.05, 3.63) is 146 Å². The first-order valence-corrected chi connectivity index (χ1v) is 18.7. The molecule has 0 radical (unpaired) electrons. The van der Waals surface area contributed by atoms with Crippen molar-refractivity contribution in [3.8, 4) is 45.3 Å². The van der Waals surface area contributed by atoms with E-state index in [4.69, 9.17) is 23.7 Å². The number of rotatable bonds is 0. The Kier molecular flexibility index (Phi) is 9.68. The zero-order chi connectivity index (χ0) is 36.1. The normalized spacial score (nSPS) is 14.5. The van der Waals surface area contributed by atoms with Crippen LogP contribution < -0.4 is 24.3 Å². The van der Waals surface area contributed by atoms with Crippen molar-refractivity contribution in [1.82, 2.24) is 5.32 Å². The third-order valence-electron chi connectivity index (χ3n) is 10.1. The lowest BCUT2D eigenvalue weighted by Gasteiger charge is -2.21. The quantitative estimate of drug-likeness (QED) is 0.169.